The second-order valence-electron chi connectivity index (χ2n) is 6.74. The van der Waals surface area contributed by atoms with Gasteiger partial charge in [0.05, 0.1) is 6.61 Å². The minimum atomic E-state index is -0.718. The number of fused-ring (bicyclic) bond motifs is 2. The molecule has 0 unspecified atom stereocenters. The van der Waals surface area contributed by atoms with E-state index in [1.165, 1.54) is 4.80 Å². The maximum absolute atomic E-state index is 12.3. The van der Waals surface area contributed by atoms with Crippen LogP contribution in [0.3, 0.4) is 0 Å². The van der Waals surface area contributed by atoms with Crippen molar-refractivity contribution in [2.45, 2.75) is 19.8 Å². The molecule has 154 valence electrons. The van der Waals surface area contributed by atoms with Gasteiger partial charge in [-0.1, -0.05) is 24.9 Å². The van der Waals surface area contributed by atoms with Gasteiger partial charge in [-0.05, 0) is 36.8 Å². The van der Waals surface area contributed by atoms with Crippen LogP contribution >= 0.6 is 11.6 Å². The molecule has 30 heavy (non-hydrogen) atoms. The van der Waals surface area contributed by atoms with E-state index in [1.807, 2.05) is 6.92 Å². The number of aromatic nitrogens is 4. The quantitative estimate of drug-likeness (QED) is 0.272. The van der Waals surface area contributed by atoms with Gasteiger partial charge in [0.15, 0.2) is 11.4 Å². The lowest BCUT2D eigenvalue weighted by atomic mass is 10.1. The Labute approximate surface area is 177 Å². The average Bonchev–Trinajstić information content (AvgIpc) is 3.10. The number of benzene rings is 2. The number of carbonyl (C=O) groups is 1. The SMILES string of the molecule is CCCCOC(=O)c1nc(Cl)c2ccc(Oc3ccc4nn(C)nc4c3)cc2c1O. The number of unbranched alkanes of at least 4 members (excludes halogenated alkanes) is 1. The van der Waals surface area contributed by atoms with Crippen molar-refractivity contribution in [2.75, 3.05) is 6.61 Å². The molecule has 0 aliphatic heterocycles. The molecule has 0 fully saturated rings. The number of ether oxygens (including phenoxy) is 2. The Morgan fingerprint density at radius 3 is 2.63 bits per heavy atom. The van der Waals surface area contributed by atoms with Crippen molar-refractivity contribution in [3.63, 3.8) is 0 Å². The first-order valence-corrected chi connectivity index (χ1v) is 9.82. The summed E-state index contributed by atoms with van der Waals surface area (Å²) in [5, 5.41) is 20.1. The minimum Gasteiger partial charge on any atom is -0.505 e. The smallest absolute Gasteiger partial charge is 0.360 e. The van der Waals surface area contributed by atoms with Crippen molar-refractivity contribution in [3.8, 4) is 17.2 Å². The first kappa shape index (κ1) is 19.9. The number of esters is 1. The van der Waals surface area contributed by atoms with Crippen LogP contribution in [0.5, 0.6) is 17.2 Å². The Hall–Kier alpha value is -3.39. The number of rotatable bonds is 6. The molecule has 9 heteroatoms. The second-order valence-corrected chi connectivity index (χ2v) is 7.10. The highest BCUT2D eigenvalue weighted by Gasteiger charge is 2.20. The van der Waals surface area contributed by atoms with Crippen LogP contribution in [0.1, 0.15) is 30.3 Å². The number of aryl methyl sites for hydroxylation is 1. The van der Waals surface area contributed by atoms with E-state index >= 15 is 0 Å². The molecule has 0 atom stereocenters. The summed E-state index contributed by atoms with van der Waals surface area (Å²) in [7, 11) is 1.75. The highest BCUT2D eigenvalue weighted by Crippen LogP contribution is 2.36. The van der Waals surface area contributed by atoms with Gasteiger partial charge in [-0.15, -0.1) is 0 Å². The maximum atomic E-state index is 12.3. The van der Waals surface area contributed by atoms with Crippen molar-refractivity contribution < 1.29 is 19.4 Å². The predicted molar refractivity (Wildman–Crippen MR) is 112 cm³/mol. The molecular formula is C21H19ClN4O4. The average molecular weight is 427 g/mol. The Morgan fingerprint density at radius 1 is 1.10 bits per heavy atom. The fourth-order valence-electron chi connectivity index (χ4n) is 3.02. The molecule has 4 rings (SSSR count). The summed E-state index contributed by atoms with van der Waals surface area (Å²) in [6.07, 6.45) is 1.61. The van der Waals surface area contributed by atoms with Crippen molar-refractivity contribution >= 4 is 39.4 Å². The molecule has 2 aromatic heterocycles. The molecule has 0 saturated heterocycles. The van der Waals surface area contributed by atoms with Crippen LogP contribution in [0.25, 0.3) is 21.8 Å². The fourth-order valence-corrected chi connectivity index (χ4v) is 3.27. The summed E-state index contributed by atoms with van der Waals surface area (Å²) in [4.78, 5) is 17.8. The molecule has 0 spiro atoms. The molecule has 1 N–H and O–H groups in total. The number of carbonyl (C=O) groups excluding carboxylic acids is 1. The first-order chi connectivity index (χ1) is 14.5. The van der Waals surface area contributed by atoms with Crippen LogP contribution < -0.4 is 4.74 Å². The molecule has 0 bridgehead atoms. The van der Waals surface area contributed by atoms with Crippen LogP contribution in [0.15, 0.2) is 36.4 Å². The third kappa shape index (κ3) is 3.86. The summed E-state index contributed by atoms with van der Waals surface area (Å²) in [5.41, 5.74) is 1.23. The largest absolute Gasteiger partial charge is 0.505 e. The van der Waals surface area contributed by atoms with Gasteiger partial charge in [-0.25, -0.2) is 9.78 Å². The van der Waals surface area contributed by atoms with E-state index in [1.54, 1.807) is 43.4 Å². The van der Waals surface area contributed by atoms with Gasteiger partial charge < -0.3 is 14.6 Å². The third-order valence-electron chi connectivity index (χ3n) is 4.51. The molecule has 0 aliphatic rings. The van der Waals surface area contributed by atoms with Crippen LogP contribution in [0.2, 0.25) is 5.15 Å². The van der Waals surface area contributed by atoms with Crippen molar-refractivity contribution in [1.82, 2.24) is 20.0 Å². The summed E-state index contributed by atoms with van der Waals surface area (Å²) >= 11 is 6.23. The number of halogens is 1. The molecule has 0 radical (unpaired) electrons. The summed E-state index contributed by atoms with van der Waals surface area (Å²) in [6.45, 7) is 2.24. The first-order valence-electron chi connectivity index (χ1n) is 9.44. The summed E-state index contributed by atoms with van der Waals surface area (Å²) in [6, 6.07) is 10.3. The Bertz CT molecular complexity index is 1250. The normalized spacial score (nSPS) is 11.2. The highest BCUT2D eigenvalue weighted by molar-refractivity contribution is 6.34. The predicted octanol–water partition coefficient (Wildman–Crippen LogP) is 4.62. The van der Waals surface area contributed by atoms with Gasteiger partial charge in [-0.2, -0.15) is 15.0 Å². The van der Waals surface area contributed by atoms with Gasteiger partial charge in [-0.3, -0.25) is 0 Å². The monoisotopic (exact) mass is 426 g/mol. The molecule has 2 heterocycles. The zero-order valence-electron chi connectivity index (χ0n) is 16.4. The molecule has 8 nitrogen and oxygen atoms in total. The molecule has 0 aliphatic carbocycles. The topological polar surface area (TPSA) is 99.4 Å². The fraction of sp³-hybridized carbons (Fsp3) is 0.238. The van der Waals surface area contributed by atoms with E-state index < -0.39 is 5.97 Å². The van der Waals surface area contributed by atoms with E-state index in [4.69, 9.17) is 21.1 Å². The van der Waals surface area contributed by atoms with E-state index in [9.17, 15) is 9.90 Å². The lowest BCUT2D eigenvalue weighted by Gasteiger charge is -2.11. The van der Waals surface area contributed by atoms with E-state index in [0.717, 1.165) is 18.4 Å². The van der Waals surface area contributed by atoms with Gasteiger partial charge >= 0.3 is 5.97 Å². The zero-order chi connectivity index (χ0) is 21.3. The third-order valence-corrected chi connectivity index (χ3v) is 4.80. The van der Waals surface area contributed by atoms with Crippen molar-refractivity contribution in [2.24, 2.45) is 7.05 Å². The van der Waals surface area contributed by atoms with E-state index in [2.05, 4.69) is 15.2 Å². The Balaban J connectivity index is 1.67. The lowest BCUT2D eigenvalue weighted by Crippen LogP contribution is -2.09. The Morgan fingerprint density at radius 2 is 1.83 bits per heavy atom. The number of hydrogen-bond donors (Lipinski definition) is 1. The number of pyridine rings is 1. The van der Waals surface area contributed by atoms with Crippen LogP contribution in [-0.2, 0) is 11.8 Å². The zero-order valence-corrected chi connectivity index (χ0v) is 17.2. The number of nitrogens with zero attached hydrogens (tertiary/aromatic N) is 4. The second kappa shape index (κ2) is 8.16. The summed E-state index contributed by atoms with van der Waals surface area (Å²) in [5.74, 6) is -0.00954. The van der Waals surface area contributed by atoms with Gasteiger partial charge in [0.2, 0.25) is 0 Å². The standard InChI is InChI=1S/C21H19ClN4O4/c1-3-4-9-29-21(28)18-19(27)15-10-12(5-7-14(15)20(22)23-18)30-13-6-8-16-17(11-13)25-26(2)24-16/h5-8,10-11,27H,3-4,9H2,1-2H3. The number of aromatic hydroxyl groups is 1. The number of hydrogen-bond acceptors (Lipinski definition) is 7. The highest BCUT2D eigenvalue weighted by atomic mass is 35.5. The van der Waals surface area contributed by atoms with Gasteiger partial charge in [0.25, 0.3) is 0 Å². The lowest BCUT2D eigenvalue weighted by molar-refractivity contribution is 0.0489. The molecule has 4 aromatic rings. The van der Waals surface area contributed by atoms with E-state index in [-0.39, 0.29) is 23.2 Å². The van der Waals surface area contributed by atoms with Crippen molar-refractivity contribution in [1.29, 1.82) is 0 Å². The van der Waals surface area contributed by atoms with Crippen molar-refractivity contribution in [3.05, 3.63) is 47.2 Å². The van der Waals surface area contributed by atoms with Gasteiger partial charge in [0, 0.05) is 23.9 Å². The summed E-state index contributed by atoms with van der Waals surface area (Å²) < 4.78 is 11.1. The van der Waals surface area contributed by atoms with Crippen LogP contribution in [0.4, 0.5) is 0 Å². The molecular weight excluding hydrogens is 408 g/mol. The van der Waals surface area contributed by atoms with Gasteiger partial charge in [0.1, 0.15) is 27.7 Å². The molecule has 0 saturated carbocycles. The molecule has 2 aromatic carbocycles. The Kier molecular flexibility index (Phi) is 5.41. The van der Waals surface area contributed by atoms with Crippen LogP contribution in [0, 0.1) is 0 Å². The van der Waals surface area contributed by atoms with E-state index in [0.29, 0.717) is 27.8 Å². The maximum Gasteiger partial charge on any atom is 0.360 e. The molecule has 0 amide bonds. The van der Waals surface area contributed by atoms with Crippen LogP contribution in [-0.4, -0.2) is 37.7 Å². The minimum absolute atomic E-state index is 0.0952.